The van der Waals surface area contributed by atoms with Crippen molar-refractivity contribution >= 4 is 29.7 Å². The van der Waals surface area contributed by atoms with Crippen molar-refractivity contribution in [3.63, 3.8) is 0 Å². The summed E-state index contributed by atoms with van der Waals surface area (Å²) in [6.07, 6.45) is 3.38. The predicted molar refractivity (Wildman–Crippen MR) is 173 cm³/mol. The number of carbonyl (C=O) groups is 4. The summed E-state index contributed by atoms with van der Waals surface area (Å²) in [6.45, 7) is 5.54. The van der Waals surface area contributed by atoms with Crippen molar-refractivity contribution in [1.82, 2.24) is 15.1 Å². The number of guanidine groups is 1. The van der Waals surface area contributed by atoms with E-state index >= 15 is 0 Å². The fourth-order valence-corrected chi connectivity index (χ4v) is 7.83. The molecule has 2 aliphatic heterocycles. The van der Waals surface area contributed by atoms with Gasteiger partial charge in [-0.05, 0) is 49.8 Å². The van der Waals surface area contributed by atoms with Gasteiger partial charge in [-0.15, -0.1) is 6.58 Å². The number of aliphatic carboxylic acids is 1. The zero-order chi connectivity index (χ0) is 34.8. The van der Waals surface area contributed by atoms with Gasteiger partial charge in [0.1, 0.15) is 12.2 Å². The highest BCUT2D eigenvalue weighted by molar-refractivity contribution is 5.96. The standard InChI is InChI=1S/C33H44N6O9/c1-3-14-39-16-12-32-27-19-8-9-22(41)28(27)48-29(32)23(10-11-33(32,46)24(39)17-19)47-31(45)38(2)15-5-7-21(40)20(6-4-13-36-30(34)35)37-25(42)18-26(43)44/h3,8-10,20,24,29,41,46H,1,4-7,11-18H2,2H3,(H,37,42)(H,43,44)(H4,34,35,36)/t20-,24?,29+,32+,33-/m1/s1. The molecular weight excluding hydrogens is 624 g/mol. The summed E-state index contributed by atoms with van der Waals surface area (Å²) < 4.78 is 12.3. The van der Waals surface area contributed by atoms with E-state index in [2.05, 4.69) is 21.8 Å². The van der Waals surface area contributed by atoms with Crippen LogP contribution in [0.4, 0.5) is 4.79 Å². The van der Waals surface area contributed by atoms with Crippen molar-refractivity contribution in [2.75, 3.05) is 33.2 Å². The number of piperidine rings is 1. The molecule has 2 aliphatic carbocycles. The van der Waals surface area contributed by atoms with Gasteiger partial charge in [-0.25, -0.2) is 4.79 Å². The molecule has 2 bridgehead atoms. The Labute approximate surface area is 278 Å². The highest BCUT2D eigenvalue weighted by atomic mass is 16.6. The second-order valence-corrected chi connectivity index (χ2v) is 12.9. The number of likely N-dealkylation sites (tertiary alicyclic amines) is 1. The number of nitrogens with zero attached hydrogens (tertiary/aromatic N) is 3. The second-order valence-electron chi connectivity index (χ2n) is 12.9. The Bertz CT molecular complexity index is 1540. The van der Waals surface area contributed by atoms with Crippen LogP contribution in [-0.4, -0.2) is 112 Å². The number of carbonyl (C=O) groups excluding carboxylic acids is 3. The molecular formula is C33H44N6O9. The third-order valence-electron chi connectivity index (χ3n) is 9.97. The molecule has 48 heavy (non-hydrogen) atoms. The third-order valence-corrected chi connectivity index (χ3v) is 9.97. The molecule has 4 aliphatic rings. The number of nitrogens with one attached hydrogen (secondary N) is 1. The fraction of sp³-hybridized carbons (Fsp3) is 0.545. The molecule has 1 aromatic carbocycles. The monoisotopic (exact) mass is 668 g/mol. The number of amides is 2. The van der Waals surface area contributed by atoms with E-state index in [0.717, 1.165) is 11.1 Å². The van der Waals surface area contributed by atoms with Crippen LogP contribution in [-0.2, 0) is 31.0 Å². The predicted octanol–water partition coefficient (Wildman–Crippen LogP) is 0.657. The SMILES string of the molecule is C=CCN1CC[C@]23c4c5ccc(O)c4O[C@H]2C(OC(=O)N(C)CCCC(=O)[C@@H](CCCN=C(N)N)NC(=O)CC(=O)O)=CC[C@@]3(O)C1C5. The van der Waals surface area contributed by atoms with Gasteiger partial charge in [0.25, 0.3) is 0 Å². The number of hydrogen-bond acceptors (Lipinski definition) is 10. The van der Waals surface area contributed by atoms with Gasteiger partial charge >= 0.3 is 12.1 Å². The summed E-state index contributed by atoms with van der Waals surface area (Å²) >= 11 is 0. The molecule has 1 aromatic rings. The van der Waals surface area contributed by atoms with Crippen LogP contribution in [0.3, 0.4) is 0 Å². The van der Waals surface area contributed by atoms with E-state index in [4.69, 9.17) is 26.0 Å². The van der Waals surface area contributed by atoms with E-state index < -0.39 is 47.6 Å². The van der Waals surface area contributed by atoms with E-state index in [0.29, 0.717) is 38.1 Å². The van der Waals surface area contributed by atoms with Gasteiger partial charge in [-0.1, -0.05) is 12.1 Å². The Hall–Kier alpha value is -4.63. The number of rotatable bonds is 15. The number of phenolic OH excluding ortho intramolecular Hbond substituents is 1. The molecule has 0 radical (unpaired) electrons. The van der Waals surface area contributed by atoms with Crippen molar-refractivity contribution in [3.05, 3.63) is 47.7 Å². The van der Waals surface area contributed by atoms with E-state index in [-0.39, 0.29) is 68.1 Å². The van der Waals surface area contributed by atoms with E-state index in [1.54, 1.807) is 12.1 Å². The Kier molecular flexibility index (Phi) is 10.0. The molecule has 1 spiro atoms. The number of carboxylic acids is 1. The number of ketones is 1. The first-order chi connectivity index (χ1) is 22.8. The number of hydrogen-bond donors (Lipinski definition) is 6. The van der Waals surface area contributed by atoms with Gasteiger partial charge in [0, 0.05) is 57.7 Å². The molecule has 8 N–H and O–H groups in total. The lowest BCUT2D eigenvalue weighted by Gasteiger charge is -2.62. The van der Waals surface area contributed by atoms with Crippen LogP contribution >= 0.6 is 0 Å². The number of benzene rings is 1. The number of carboxylic acid groups (broad SMARTS) is 1. The molecule has 15 nitrogen and oxygen atoms in total. The Balaban J connectivity index is 1.24. The fourth-order valence-electron chi connectivity index (χ4n) is 7.83. The topological polar surface area (TPSA) is 230 Å². The minimum absolute atomic E-state index is 0.00245. The number of aliphatic imine (C=N–C) groups is 1. The summed E-state index contributed by atoms with van der Waals surface area (Å²) in [5.41, 5.74) is 10.3. The molecule has 5 atom stereocenters. The Morgan fingerprint density at radius 2 is 2.06 bits per heavy atom. The number of phenols is 1. The van der Waals surface area contributed by atoms with Gasteiger partial charge in [-0.2, -0.15) is 0 Å². The van der Waals surface area contributed by atoms with Crippen LogP contribution in [0, 0.1) is 0 Å². The van der Waals surface area contributed by atoms with Gasteiger partial charge < -0.3 is 46.5 Å². The van der Waals surface area contributed by atoms with Gasteiger partial charge in [0.15, 0.2) is 29.3 Å². The summed E-state index contributed by atoms with van der Waals surface area (Å²) in [4.78, 5) is 56.8. The quantitative estimate of drug-likeness (QED) is 0.0498. The average molecular weight is 669 g/mol. The Morgan fingerprint density at radius 3 is 2.77 bits per heavy atom. The molecule has 2 heterocycles. The molecule has 1 saturated heterocycles. The average Bonchev–Trinajstić information content (AvgIpc) is 3.38. The lowest BCUT2D eigenvalue weighted by atomic mass is 9.50. The Morgan fingerprint density at radius 1 is 1.29 bits per heavy atom. The number of Topliss-reactive ketones (excluding diaryl/α,β-unsaturated/α-hetero) is 1. The molecule has 260 valence electrons. The van der Waals surface area contributed by atoms with Crippen molar-refractivity contribution in [1.29, 1.82) is 0 Å². The zero-order valence-electron chi connectivity index (χ0n) is 27.0. The van der Waals surface area contributed by atoms with Crippen LogP contribution in [0.15, 0.2) is 41.6 Å². The molecule has 2 amide bonds. The van der Waals surface area contributed by atoms with Gasteiger partial charge in [0.05, 0.1) is 17.1 Å². The van der Waals surface area contributed by atoms with Crippen molar-refractivity contribution < 1.29 is 44.0 Å². The maximum atomic E-state index is 13.3. The smallest absolute Gasteiger partial charge is 0.414 e. The molecule has 1 fully saturated rings. The summed E-state index contributed by atoms with van der Waals surface area (Å²) in [7, 11) is 1.53. The van der Waals surface area contributed by atoms with E-state index in [9.17, 15) is 29.4 Å². The summed E-state index contributed by atoms with van der Waals surface area (Å²) in [5, 5.41) is 34.6. The molecule has 0 aromatic heterocycles. The van der Waals surface area contributed by atoms with Crippen LogP contribution in [0.1, 0.15) is 56.1 Å². The highest BCUT2D eigenvalue weighted by Gasteiger charge is 2.72. The normalized spacial score (nSPS) is 25.4. The highest BCUT2D eigenvalue weighted by Crippen LogP contribution is 2.65. The lowest BCUT2D eigenvalue weighted by molar-refractivity contribution is -0.166. The minimum Gasteiger partial charge on any atom is -0.504 e. The summed E-state index contributed by atoms with van der Waals surface area (Å²) in [6, 6.07) is 2.30. The molecule has 1 unspecified atom stereocenters. The first-order valence-electron chi connectivity index (χ1n) is 16.1. The zero-order valence-corrected chi connectivity index (χ0v) is 27.0. The van der Waals surface area contributed by atoms with Crippen molar-refractivity contribution in [2.24, 2.45) is 16.5 Å². The number of aromatic hydroxyl groups is 1. The molecule has 5 rings (SSSR count). The molecule has 0 saturated carbocycles. The first-order valence-corrected chi connectivity index (χ1v) is 16.1. The van der Waals surface area contributed by atoms with E-state index in [1.165, 1.54) is 11.9 Å². The maximum Gasteiger partial charge on any atom is 0.414 e. The van der Waals surface area contributed by atoms with Crippen molar-refractivity contribution in [3.8, 4) is 11.5 Å². The van der Waals surface area contributed by atoms with Crippen LogP contribution < -0.4 is 21.5 Å². The number of ether oxygens (including phenoxy) is 2. The number of aliphatic hydroxyl groups is 1. The largest absolute Gasteiger partial charge is 0.504 e. The van der Waals surface area contributed by atoms with Crippen LogP contribution in [0.25, 0.3) is 0 Å². The summed E-state index contributed by atoms with van der Waals surface area (Å²) in [5.74, 6) is -2.00. The third kappa shape index (κ3) is 6.31. The van der Waals surface area contributed by atoms with Gasteiger partial charge in [-0.3, -0.25) is 24.3 Å². The van der Waals surface area contributed by atoms with E-state index in [1.807, 2.05) is 12.1 Å². The maximum absolute atomic E-state index is 13.3. The first kappa shape index (κ1) is 34.7. The lowest BCUT2D eigenvalue weighted by Crippen LogP contribution is -2.75. The second kappa shape index (κ2) is 13.8. The number of nitrogens with two attached hydrogens (primary N) is 2. The van der Waals surface area contributed by atoms with Crippen molar-refractivity contribution in [2.45, 2.75) is 80.6 Å². The van der Waals surface area contributed by atoms with Crippen LogP contribution in [0.2, 0.25) is 0 Å². The minimum atomic E-state index is -1.32. The van der Waals surface area contributed by atoms with Crippen LogP contribution in [0.5, 0.6) is 11.5 Å². The van der Waals surface area contributed by atoms with Gasteiger partial charge in [0.2, 0.25) is 5.91 Å². The molecule has 15 heteroatoms.